The van der Waals surface area contributed by atoms with E-state index in [1.165, 1.54) is 18.2 Å². The lowest BCUT2D eigenvalue weighted by Gasteiger charge is -2.11. The van der Waals surface area contributed by atoms with Gasteiger partial charge in [-0.3, -0.25) is 9.59 Å². The maximum absolute atomic E-state index is 12.0. The van der Waals surface area contributed by atoms with Gasteiger partial charge in [0, 0.05) is 12.6 Å². The first-order valence-electron chi connectivity index (χ1n) is 7.88. The first kappa shape index (κ1) is 20.8. The minimum Gasteiger partial charge on any atom is -0.360 e. The van der Waals surface area contributed by atoms with Crippen molar-refractivity contribution in [2.75, 3.05) is 30.7 Å². The third-order valence-electron chi connectivity index (χ3n) is 3.75. The predicted molar refractivity (Wildman–Crippen MR) is 97.6 cm³/mol. The summed E-state index contributed by atoms with van der Waals surface area (Å²) in [7, 11) is 0. The van der Waals surface area contributed by atoms with Crippen LogP contribution in [-0.4, -0.2) is 47.6 Å². The van der Waals surface area contributed by atoms with Crippen molar-refractivity contribution in [2.45, 2.75) is 31.9 Å². The molecule has 1 aromatic heterocycles. The molecule has 3 N–H and O–H groups in total. The van der Waals surface area contributed by atoms with Crippen molar-refractivity contribution in [1.82, 2.24) is 15.8 Å². The van der Waals surface area contributed by atoms with Crippen LogP contribution in [0.2, 0.25) is 0 Å². The Hall–Kier alpha value is -1.25. The van der Waals surface area contributed by atoms with E-state index >= 15 is 0 Å². The Kier molecular flexibility index (Phi) is 9.17. The van der Waals surface area contributed by atoms with Gasteiger partial charge in [-0.15, -0.1) is 24.2 Å². The molecule has 2 heterocycles. The Morgan fingerprint density at radius 2 is 2.33 bits per heavy atom. The van der Waals surface area contributed by atoms with Crippen molar-refractivity contribution < 1.29 is 14.1 Å². The second-order valence-corrected chi connectivity index (χ2v) is 7.09. The minimum atomic E-state index is -0.336. The highest BCUT2D eigenvalue weighted by atomic mass is 35.5. The molecule has 7 nitrogen and oxygen atoms in total. The van der Waals surface area contributed by atoms with Crippen LogP contribution in [0.1, 0.15) is 25.5 Å². The number of aromatic nitrogens is 1. The standard InChI is InChI=1S/C15H24N4O3S.ClH/c1-10-7-13(19-22-10)18-15(21)11(2)23-9-14(20)17-6-4-12-3-5-16-8-12;/h7,11-12,16H,3-6,8-9H2,1-2H3,(H,17,20)(H,18,19,21);1H. The number of nitrogens with zero attached hydrogens (tertiary/aromatic N) is 1. The predicted octanol–water partition coefficient (Wildman–Crippen LogP) is 1.58. The monoisotopic (exact) mass is 376 g/mol. The number of anilines is 1. The lowest BCUT2D eigenvalue weighted by Crippen LogP contribution is -2.30. The van der Waals surface area contributed by atoms with Crippen molar-refractivity contribution >= 4 is 41.8 Å². The number of halogens is 1. The summed E-state index contributed by atoms with van der Waals surface area (Å²) < 4.78 is 4.89. The van der Waals surface area contributed by atoms with Gasteiger partial charge in [-0.1, -0.05) is 5.16 Å². The van der Waals surface area contributed by atoms with Crippen molar-refractivity contribution in [3.63, 3.8) is 0 Å². The molecular formula is C15H25ClN4O3S. The number of nitrogens with one attached hydrogen (secondary N) is 3. The van der Waals surface area contributed by atoms with Crippen molar-refractivity contribution in [3.05, 3.63) is 11.8 Å². The largest absolute Gasteiger partial charge is 0.360 e. The van der Waals surface area contributed by atoms with E-state index < -0.39 is 0 Å². The average Bonchev–Trinajstić information content (AvgIpc) is 3.16. The van der Waals surface area contributed by atoms with Crippen LogP contribution in [0.4, 0.5) is 5.82 Å². The molecule has 2 rings (SSSR count). The van der Waals surface area contributed by atoms with E-state index in [1.807, 2.05) is 0 Å². The Balaban J connectivity index is 0.00000288. The van der Waals surface area contributed by atoms with E-state index in [4.69, 9.17) is 4.52 Å². The number of carbonyl (C=O) groups excluding carboxylic acids is 2. The van der Waals surface area contributed by atoms with Crippen LogP contribution in [0.5, 0.6) is 0 Å². The quantitative estimate of drug-likeness (QED) is 0.637. The zero-order valence-corrected chi connectivity index (χ0v) is 15.6. The van der Waals surface area contributed by atoms with Crippen LogP contribution in [-0.2, 0) is 9.59 Å². The average molecular weight is 377 g/mol. The molecule has 0 spiro atoms. The minimum absolute atomic E-state index is 0. The van der Waals surface area contributed by atoms with E-state index in [2.05, 4.69) is 21.1 Å². The van der Waals surface area contributed by atoms with Crippen LogP contribution in [0.15, 0.2) is 10.6 Å². The fourth-order valence-electron chi connectivity index (χ4n) is 2.36. The topological polar surface area (TPSA) is 96.3 Å². The van der Waals surface area contributed by atoms with Gasteiger partial charge in [0.25, 0.3) is 0 Å². The molecule has 0 saturated carbocycles. The van der Waals surface area contributed by atoms with Crippen LogP contribution >= 0.6 is 24.2 Å². The lowest BCUT2D eigenvalue weighted by atomic mass is 10.1. The zero-order chi connectivity index (χ0) is 16.7. The summed E-state index contributed by atoms with van der Waals surface area (Å²) in [5, 5.41) is 12.3. The maximum Gasteiger partial charge on any atom is 0.238 e. The Bertz CT molecular complexity index is 535. The molecule has 1 aliphatic rings. The summed E-state index contributed by atoms with van der Waals surface area (Å²) >= 11 is 1.31. The molecule has 1 fully saturated rings. The summed E-state index contributed by atoms with van der Waals surface area (Å²) in [5.74, 6) is 1.76. The van der Waals surface area contributed by atoms with Gasteiger partial charge in [-0.25, -0.2) is 0 Å². The highest BCUT2D eigenvalue weighted by Gasteiger charge is 2.17. The molecule has 136 valence electrons. The van der Waals surface area contributed by atoms with Gasteiger partial charge < -0.3 is 20.5 Å². The number of thioether (sulfide) groups is 1. The van der Waals surface area contributed by atoms with Gasteiger partial charge in [0.15, 0.2) is 5.82 Å². The van der Waals surface area contributed by atoms with Gasteiger partial charge in [0.2, 0.25) is 11.8 Å². The third kappa shape index (κ3) is 7.11. The van der Waals surface area contributed by atoms with E-state index in [0.717, 1.165) is 19.5 Å². The number of hydrogen-bond acceptors (Lipinski definition) is 6. The Morgan fingerprint density at radius 3 is 2.96 bits per heavy atom. The Morgan fingerprint density at radius 1 is 1.54 bits per heavy atom. The summed E-state index contributed by atoms with van der Waals surface area (Å²) in [6.07, 6.45) is 2.19. The molecule has 0 bridgehead atoms. The number of amides is 2. The molecule has 9 heteroatoms. The van der Waals surface area contributed by atoms with Crippen LogP contribution in [0.25, 0.3) is 0 Å². The highest BCUT2D eigenvalue weighted by Crippen LogP contribution is 2.14. The fraction of sp³-hybridized carbons (Fsp3) is 0.667. The van der Waals surface area contributed by atoms with Crippen LogP contribution in [0.3, 0.4) is 0 Å². The molecule has 0 aliphatic carbocycles. The second kappa shape index (κ2) is 10.6. The summed E-state index contributed by atoms with van der Waals surface area (Å²) in [6.45, 7) is 6.34. The van der Waals surface area contributed by atoms with Crippen molar-refractivity contribution in [1.29, 1.82) is 0 Å². The second-order valence-electron chi connectivity index (χ2n) is 5.76. The summed E-state index contributed by atoms with van der Waals surface area (Å²) in [5.41, 5.74) is 0. The van der Waals surface area contributed by atoms with Gasteiger partial charge in [-0.05, 0) is 45.7 Å². The van der Waals surface area contributed by atoms with Gasteiger partial charge in [-0.2, -0.15) is 0 Å². The summed E-state index contributed by atoms with van der Waals surface area (Å²) in [6, 6.07) is 1.65. The van der Waals surface area contributed by atoms with Crippen LogP contribution in [0, 0.1) is 12.8 Å². The fourth-order valence-corrected chi connectivity index (χ4v) is 3.07. The normalized spacial score (nSPS) is 17.8. The zero-order valence-electron chi connectivity index (χ0n) is 14.0. The number of carbonyl (C=O) groups is 2. The van der Waals surface area contributed by atoms with Gasteiger partial charge >= 0.3 is 0 Å². The molecular weight excluding hydrogens is 352 g/mol. The summed E-state index contributed by atoms with van der Waals surface area (Å²) in [4.78, 5) is 23.8. The third-order valence-corrected chi connectivity index (χ3v) is 4.89. The number of aryl methyl sites for hydroxylation is 1. The number of rotatable bonds is 8. The first-order chi connectivity index (χ1) is 11.0. The smallest absolute Gasteiger partial charge is 0.238 e. The first-order valence-corrected chi connectivity index (χ1v) is 8.92. The van der Waals surface area contributed by atoms with Crippen LogP contribution < -0.4 is 16.0 Å². The number of hydrogen-bond donors (Lipinski definition) is 3. The Labute approximate surface area is 152 Å². The molecule has 1 aromatic rings. The van der Waals surface area contributed by atoms with Gasteiger partial charge in [0.05, 0.1) is 11.0 Å². The molecule has 24 heavy (non-hydrogen) atoms. The molecule has 2 amide bonds. The van der Waals surface area contributed by atoms with Crippen molar-refractivity contribution in [3.8, 4) is 0 Å². The van der Waals surface area contributed by atoms with E-state index in [-0.39, 0.29) is 35.2 Å². The molecule has 2 atom stereocenters. The molecule has 1 aliphatic heterocycles. The van der Waals surface area contributed by atoms with Crippen molar-refractivity contribution in [2.24, 2.45) is 5.92 Å². The molecule has 2 unspecified atom stereocenters. The van der Waals surface area contributed by atoms with E-state index in [0.29, 0.717) is 24.0 Å². The SMILES string of the molecule is Cc1cc(NC(=O)C(C)SCC(=O)NCCC2CCNC2)no1.Cl. The van der Waals surface area contributed by atoms with Gasteiger partial charge in [0.1, 0.15) is 5.76 Å². The van der Waals surface area contributed by atoms with E-state index in [1.54, 1.807) is 19.9 Å². The van der Waals surface area contributed by atoms with E-state index in [9.17, 15) is 9.59 Å². The highest BCUT2D eigenvalue weighted by molar-refractivity contribution is 8.01. The maximum atomic E-state index is 12.0. The molecule has 0 radical (unpaired) electrons. The molecule has 1 saturated heterocycles. The lowest BCUT2D eigenvalue weighted by molar-refractivity contribution is -0.118. The molecule has 0 aromatic carbocycles.